The van der Waals surface area contributed by atoms with Gasteiger partial charge >= 0.3 is 0 Å². The Balaban J connectivity index is 2.22. The highest BCUT2D eigenvalue weighted by Gasteiger charge is 2.12. The maximum Gasteiger partial charge on any atom is 0.273 e. The number of nitrogens with one attached hydrogen (secondary N) is 1. The monoisotopic (exact) mass is 351 g/mol. The Morgan fingerprint density at radius 1 is 1.38 bits per heavy atom. The van der Waals surface area contributed by atoms with E-state index < -0.39 is 4.92 Å². The third kappa shape index (κ3) is 3.77. The molecule has 2 aromatic rings. The Labute approximate surface area is 130 Å². The Kier molecular flexibility index (Phi) is 4.87. The number of ether oxygens (including phenoxy) is 1. The molecule has 0 aliphatic heterocycles. The normalized spacial score (nSPS) is 12.0. The third-order valence-corrected chi connectivity index (χ3v) is 3.64. The van der Waals surface area contributed by atoms with Gasteiger partial charge in [0.2, 0.25) is 0 Å². The highest BCUT2D eigenvalue weighted by atomic mass is 79.9. The first kappa shape index (κ1) is 15.4. The molecule has 2 rings (SSSR count). The summed E-state index contributed by atoms with van der Waals surface area (Å²) in [5.74, 6) is 0.892. The average molecular weight is 352 g/mol. The molecular formula is C14H14BrN3O3. The van der Waals surface area contributed by atoms with E-state index in [1.54, 1.807) is 18.3 Å². The van der Waals surface area contributed by atoms with Crippen molar-refractivity contribution in [2.45, 2.75) is 13.0 Å². The van der Waals surface area contributed by atoms with E-state index in [2.05, 4.69) is 26.2 Å². The minimum Gasteiger partial charge on any atom is -0.454 e. The second-order valence-corrected chi connectivity index (χ2v) is 5.26. The van der Waals surface area contributed by atoms with Crippen molar-refractivity contribution < 1.29 is 9.66 Å². The van der Waals surface area contributed by atoms with E-state index in [4.69, 9.17) is 4.74 Å². The lowest BCUT2D eigenvalue weighted by molar-refractivity contribution is -0.384. The fourth-order valence-corrected chi connectivity index (χ4v) is 1.99. The second kappa shape index (κ2) is 6.64. The van der Waals surface area contributed by atoms with Gasteiger partial charge in [0, 0.05) is 12.1 Å². The zero-order valence-electron chi connectivity index (χ0n) is 11.5. The predicted molar refractivity (Wildman–Crippen MR) is 82.6 cm³/mol. The molecule has 6 nitrogen and oxygen atoms in total. The van der Waals surface area contributed by atoms with Gasteiger partial charge in [-0.3, -0.25) is 15.1 Å². The summed E-state index contributed by atoms with van der Waals surface area (Å²) in [5.41, 5.74) is 0.865. The van der Waals surface area contributed by atoms with Crippen LogP contribution in [-0.2, 0) is 0 Å². The van der Waals surface area contributed by atoms with Crippen molar-refractivity contribution in [3.63, 3.8) is 0 Å². The van der Waals surface area contributed by atoms with E-state index >= 15 is 0 Å². The largest absolute Gasteiger partial charge is 0.454 e. The number of rotatable bonds is 5. The van der Waals surface area contributed by atoms with Crippen molar-refractivity contribution in [3.8, 4) is 11.5 Å². The molecule has 1 atom stereocenters. The van der Waals surface area contributed by atoms with Crippen molar-refractivity contribution in [1.29, 1.82) is 0 Å². The van der Waals surface area contributed by atoms with Crippen LogP contribution in [0, 0.1) is 10.1 Å². The lowest BCUT2D eigenvalue weighted by Crippen LogP contribution is -2.13. The molecule has 0 saturated carbocycles. The molecule has 0 bridgehead atoms. The van der Waals surface area contributed by atoms with Crippen molar-refractivity contribution >= 4 is 21.6 Å². The van der Waals surface area contributed by atoms with Gasteiger partial charge in [-0.05, 0) is 48.1 Å². The summed E-state index contributed by atoms with van der Waals surface area (Å²) in [6.07, 6.45) is 1.59. The number of hydrogen-bond acceptors (Lipinski definition) is 5. The fraction of sp³-hybridized carbons (Fsp3) is 0.214. The van der Waals surface area contributed by atoms with Crippen molar-refractivity contribution in [1.82, 2.24) is 10.3 Å². The van der Waals surface area contributed by atoms with E-state index in [1.165, 1.54) is 12.1 Å². The summed E-state index contributed by atoms with van der Waals surface area (Å²) >= 11 is 3.31. The van der Waals surface area contributed by atoms with Crippen molar-refractivity contribution in [2.75, 3.05) is 7.05 Å². The lowest BCUT2D eigenvalue weighted by atomic mass is 10.2. The maximum absolute atomic E-state index is 10.8. The van der Waals surface area contributed by atoms with Crippen LogP contribution in [0.1, 0.15) is 18.7 Å². The standard InChI is InChI=1S/C14H14BrN3O3/c1-9(16-2)13-6-4-11(8-17-13)21-14-7-10(18(19)20)3-5-12(14)15/h3-9,16H,1-2H3. The number of pyridine rings is 1. The number of halogens is 1. The van der Waals surface area contributed by atoms with Crippen LogP contribution in [0.15, 0.2) is 41.0 Å². The molecule has 1 aromatic carbocycles. The van der Waals surface area contributed by atoms with Crippen LogP contribution in [0.2, 0.25) is 0 Å². The number of hydrogen-bond donors (Lipinski definition) is 1. The van der Waals surface area contributed by atoms with E-state index in [-0.39, 0.29) is 11.7 Å². The van der Waals surface area contributed by atoms with Crippen LogP contribution in [-0.4, -0.2) is 17.0 Å². The Bertz CT molecular complexity index is 646. The van der Waals surface area contributed by atoms with Crippen molar-refractivity contribution in [2.24, 2.45) is 0 Å². The van der Waals surface area contributed by atoms with Gasteiger partial charge in [0.25, 0.3) is 5.69 Å². The van der Waals surface area contributed by atoms with Gasteiger partial charge in [0.05, 0.1) is 27.4 Å². The molecule has 0 radical (unpaired) electrons. The number of nitro groups is 1. The van der Waals surface area contributed by atoms with Crippen molar-refractivity contribution in [3.05, 3.63) is 56.8 Å². The lowest BCUT2D eigenvalue weighted by Gasteiger charge is -2.11. The minimum absolute atomic E-state index is 0.0263. The number of aromatic nitrogens is 1. The van der Waals surface area contributed by atoms with Gasteiger partial charge in [-0.25, -0.2) is 0 Å². The number of nitro benzene ring substituents is 1. The first-order valence-electron chi connectivity index (χ1n) is 6.26. The van der Waals surface area contributed by atoms with Crippen LogP contribution in [0.25, 0.3) is 0 Å². The summed E-state index contributed by atoms with van der Waals surface area (Å²) in [5, 5.41) is 13.9. The highest BCUT2D eigenvalue weighted by Crippen LogP contribution is 2.32. The van der Waals surface area contributed by atoms with Crippen LogP contribution in [0.5, 0.6) is 11.5 Å². The van der Waals surface area contributed by atoms with Gasteiger partial charge < -0.3 is 10.1 Å². The molecule has 1 unspecified atom stereocenters. The van der Waals surface area contributed by atoms with Gasteiger partial charge in [0.15, 0.2) is 0 Å². The summed E-state index contributed by atoms with van der Waals surface area (Å²) in [6, 6.07) is 8.13. The molecule has 110 valence electrons. The molecule has 0 spiro atoms. The second-order valence-electron chi connectivity index (χ2n) is 4.40. The third-order valence-electron chi connectivity index (χ3n) is 2.99. The van der Waals surface area contributed by atoms with Crippen LogP contribution in [0.4, 0.5) is 5.69 Å². The zero-order valence-corrected chi connectivity index (χ0v) is 13.1. The first-order chi connectivity index (χ1) is 10.0. The summed E-state index contributed by atoms with van der Waals surface area (Å²) in [6.45, 7) is 2.00. The van der Waals surface area contributed by atoms with Gasteiger partial charge in [-0.2, -0.15) is 0 Å². The molecule has 1 heterocycles. The molecule has 0 fully saturated rings. The molecular weight excluding hydrogens is 338 g/mol. The van der Waals surface area contributed by atoms with E-state index in [0.29, 0.717) is 16.0 Å². The van der Waals surface area contributed by atoms with Gasteiger partial charge in [0.1, 0.15) is 11.5 Å². The summed E-state index contributed by atoms with van der Waals surface area (Å²) < 4.78 is 6.27. The van der Waals surface area contributed by atoms with E-state index in [1.807, 2.05) is 20.0 Å². The van der Waals surface area contributed by atoms with Crippen LogP contribution in [0.3, 0.4) is 0 Å². The molecule has 0 aliphatic rings. The van der Waals surface area contributed by atoms with Crippen LogP contribution >= 0.6 is 15.9 Å². The molecule has 1 aromatic heterocycles. The summed E-state index contributed by atoms with van der Waals surface area (Å²) in [4.78, 5) is 14.6. The Morgan fingerprint density at radius 2 is 2.14 bits per heavy atom. The molecule has 1 N–H and O–H groups in total. The average Bonchev–Trinajstić information content (AvgIpc) is 2.49. The topological polar surface area (TPSA) is 77.3 Å². The fourth-order valence-electron chi connectivity index (χ4n) is 1.67. The highest BCUT2D eigenvalue weighted by molar-refractivity contribution is 9.10. The van der Waals surface area contributed by atoms with Gasteiger partial charge in [-0.1, -0.05) is 0 Å². The van der Waals surface area contributed by atoms with E-state index in [0.717, 1.165) is 5.69 Å². The van der Waals surface area contributed by atoms with Crippen LogP contribution < -0.4 is 10.1 Å². The first-order valence-corrected chi connectivity index (χ1v) is 7.05. The van der Waals surface area contributed by atoms with E-state index in [9.17, 15) is 10.1 Å². The molecule has 0 amide bonds. The molecule has 7 heteroatoms. The quantitative estimate of drug-likeness (QED) is 0.654. The minimum atomic E-state index is -0.463. The molecule has 21 heavy (non-hydrogen) atoms. The smallest absolute Gasteiger partial charge is 0.273 e. The molecule has 0 aliphatic carbocycles. The SMILES string of the molecule is CNC(C)c1ccc(Oc2cc([N+](=O)[O-])ccc2Br)cn1. The Hall–Kier alpha value is -1.99. The molecule has 0 saturated heterocycles. The number of non-ortho nitro benzene ring substituents is 1. The summed E-state index contributed by atoms with van der Waals surface area (Å²) in [7, 11) is 1.86. The number of benzene rings is 1. The number of nitrogens with zero attached hydrogens (tertiary/aromatic N) is 2. The van der Waals surface area contributed by atoms with Gasteiger partial charge in [-0.15, -0.1) is 0 Å². The predicted octanol–water partition coefficient (Wildman–Crippen LogP) is 3.83. The zero-order chi connectivity index (χ0) is 15.4. The Morgan fingerprint density at radius 3 is 2.71 bits per heavy atom. The maximum atomic E-state index is 10.8.